The van der Waals surface area contributed by atoms with Crippen molar-refractivity contribution in [3.8, 4) is 17.1 Å². The smallest absolute Gasteiger partial charge is 0.186 e. The first-order chi connectivity index (χ1) is 10.3. The molecule has 0 amide bonds. The maximum Gasteiger partial charge on any atom is 0.186 e. The Bertz CT molecular complexity index is 602. The van der Waals surface area contributed by atoms with Gasteiger partial charge in [0, 0.05) is 5.69 Å². The van der Waals surface area contributed by atoms with Gasteiger partial charge in [0.25, 0.3) is 0 Å². The summed E-state index contributed by atoms with van der Waals surface area (Å²) in [4.78, 5) is 0. The number of methoxy groups -OCH3 is 1. The molecule has 1 aromatic heterocycles. The van der Waals surface area contributed by atoms with Crippen LogP contribution in [0.1, 0.15) is 44.6 Å². The van der Waals surface area contributed by atoms with Crippen molar-refractivity contribution in [3.05, 3.63) is 18.2 Å². The minimum Gasteiger partial charge on any atom is -0.496 e. The average molecular weight is 287 g/mol. The molecule has 0 spiro atoms. The Kier molecular flexibility index (Phi) is 4.03. The fraction of sp³-hybridized carbons (Fsp3) is 0.533. The minimum atomic E-state index is 0.364. The summed E-state index contributed by atoms with van der Waals surface area (Å²) < 4.78 is 7.37. The second-order valence-corrected chi connectivity index (χ2v) is 5.55. The molecule has 0 bridgehead atoms. The van der Waals surface area contributed by atoms with E-state index in [9.17, 15) is 0 Å². The van der Waals surface area contributed by atoms with Gasteiger partial charge in [-0.15, -0.1) is 5.10 Å². The van der Waals surface area contributed by atoms with Crippen LogP contribution in [0.4, 0.5) is 5.69 Å². The van der Waals surface area contributed by atoms with Gasteiger partial charge in [-0.3, -0.25) is 0 Å². The zero-order chi connectivity index (χ0) is 14.7. The molecule has 6 nitrogen and oxygen atoms in total. The number of nitrogens with zero attached hydrogens (tertiary/aromatic N) is 4. The van der Waals surface area contributed by atoms with Crippen molar-refractivity contribution in [2.24, 2.45) is 0 Å². The summed E-state index contributed by atoms with van der Waals surface area (Å²) in [6.07, 6.45) is 7.33. The predicted molar refractivity (Wildman–Crippen MR) is 81.0 cm³/mol. The molecular formula is C15H21N5O. The first-order valence-electron chi connectivity index (χ1n) is 7.51. The molecule has 0 saturated heterocycles. The monoisotopic (exact) mass is 287 g/mol. The van der Waals surface area contributed by atoms with E-state index in [1.54, 1.807) is 7.11 Å². The number of tetrazole rings is 1. The topological polar surface area (TPSA) is 78.8 Å². The lowest BCUT2D eigenvalue weighted by molar-refractivity contribution is 0.396. The summed E-state index contributed by atoms with van der Waals surface area (Å²) in [5.74, 6) is 1.49. The zero-order valence-corrected chi connectivity index (χ0v) is 12.3. The van der Waals surface area contributed by atoms with Crippen LogP contribution in [0.25, 0.3) is 11.4 Å². The molecule has 0 unspecified atom stereocenters. The van der Waals surface area contributed by atoms with E-state index in [-0.39, 0.29) is 0 Å². The van der Waals surface area contributed by atoms with Crippen molar-refractivity contribution in [1.82, 2.24) is 20.2 Å². The van der Waals surface area contributed by atoms with Gasteiger partial charge in [-0.1, -0.05) is 25.7 Å². The second kappa shape index (κ2) is 6.11. The molecule has 1 heterocycles. The molecule has 3 rings (SSSR count). The van der Waals surface area contributed by atoms with E-state index in [1.165, 1.54) is 25.7 Å². The number of rotatable bonds is 3. The van der Waals surface area contributed by atoms with Crippen molar-refractivity contribution in [3.63, 3.8) is 0 Å². The van der Waals surface area contributed by atoms with Gasteiger partial charge in [0.15, 0.2) is 5.82 Å². The first-order valence-corrected chi connectivity index (χ1v) is 7.51. The fourth-order valence-corrected chi connectivity index (χ4v) is 3.02. The normalized spacial score (nSPS) is 16.6. The number of hydrogen-bond donors (Lipinski definition) is 1. The highest BCUT2D eigenvalue weighted by atomic mass is 16.5. The molecule has 1 aromatic carbocycles. The Labute approximate surface area is 124 Å². The fourth-order valence-electron chi connectivity index (χ4n) is 3.02. The van der Waals surface area contributed by atoms with Gasteiger partial charge < -0.3 is 10.5 Å². The number of ether oxygens (including phenoxy) is 1. The Morgan fingerprint density at radius 1 is 1.19 bits per heavy atom. The highest BCUT2D eigenvalue weighted by Crippen LogP contribution is 2.34. The standard InChI is InChI=1S/C15H21N5O/c1-21-14-9-8-11(16)10-13(14)15-17-18-19-20(15)12-6-4-2-3-5-7-12/h8-10,12H,2-7,16H2,1H3. The predicted octanol–water partition coefficient (Wildman–Crippen LogP) is 2.83. The van der Waals surface area contributed by atoms with Crippen LogP contribution >= 0.6 is 0 Å². The molecule has 21 heavy (non-hydrogen) atoms. The van der Waals surface area contributed by atoms with Gasteiger partial charge in [-0.2, -0.15) is 0 Å². The zero-order valence-electron chi connectivity index (χ0n) is 12.3. The average Bonchev–Trinajstić information content (AvgIpc) is 2.82. The van der Waals surface area contributed by atoms with Gasteiger partial charge in [-0.25, -0.2) is 4.68 Å². The molecule has 1 fully saturated rings. The Hall–Kier alpha value is -2.11. The second-order valence-electron chi connectivity index (χ2n) is 5.55. The molecule has 0 radical (unpaired) electrons. The molecular weight excluding hydrogens is 266 g/mol. The van der Waals surface area contributed by atoms with E-state index in [0.29, 0.717) is 11.7 Å². The van der Waals surface area contributed by atoms with E-state index in [4.69, 9.17) is 10.5 Å². The highest BCUT2D eigenvalue weighted by molar-refractivity contribution is 5.68. The van der Waals surface area contributed by atoms with E-state index < -0.39 is 0 Å². The van der Waals surface area contributed by atoms with Crippen molar-refractivity contribution in [1.29, 1.82) is 0 Å². The number of hydrogen-bond acceptors (Lipinski definition) is 5. The first kappa shape index (κ1) is 13.9. The molecule has 112 valence electrons. The summed E-state index contributed by atoms with van der Waals surface area (Å²) in [6, 6.07) is 5.92. The molecule has 1 saturated carbocycles. The lowest BCUT2D eigenvalue weighted by Gasteiger charge is -2.17. The Balaban J connectivity index is 2.00. The number of aromatic nitrogens is 4. The number of anilines is 1. The lowest BCUT2D eigenvalue weighted by Crippen LogP contribution is -2.12. The van der Waals surface area contributed by atoms with Crippen LogP contribution in [-0.4, -0.2) is 27.3 Å². The third-order valence-corrected chi connectivity index (χ3v) is 4.13. The third-order valence-electron chi connectivity index (χ3n) is 4.13. The molecule has 0 aliphatic heterocycles. The lowest BCUT2D eigenvalue weighted by atomic mass is 10.1. The molecule has 1 aliphatic rings. The van der Waals surface area contributed by atoms with Gasteiger partial charge in [-0.05, 0) is 41.5 Å². The minimum absolute atomic E-state index is 0.364. The van der Waals surface area contributed by atoms with E-state index in [0.717, 1.165) is 30.0 Å². The van der Waals surface area contributed by atoms with Crippen molar-refractivity contribution >= 4 is 5.69 Å². The van der Waals surface area contributed by atoms with Crippen LogP contribution in [0.5, 0.6) is 5.75 Å². The molecule has 1 aliphatic carbocycles. The van der Waals surface area contributed by atoms with Crippen molar-refractivity contribution < 1.29 is 4.74 Å². The van der Waals surface area contributed by atoms with Crippen molar-refractivity contribution in [2.45, 2.75) is 44.6 Å². The van der Waals surface area contributed by atoms with E-state index in [2.05, 4.69) is 15.5 Å². The van der Waals surface area contributed by atoms with Crippen LogP contribution in [0.15, 0.2) is 18.2 Å². The van der Waals surface area contributed by atoms with Crippen LogP contribution in [0, 0.1) is 0 Å². The van der Waals surface area contributed by atoms with E-state index >= 15 is 0 Å². The van der Waals surface area contributed by atoms with Gasteiger partial charge in [0.1, 0.15) is 5.75 Å². The summed E-state index contributed by atoms with van der Waals surface area (Å²) >= 11 is 0. The molecule has 2 N–H and O–H groups in total. The van der Waals surface area contributed by atoms with Gasteiger partial charge in [0.05, 0.1) is 18.7 Å². The molecule has 6 heteroatoms. The number of nitrogens with two attached hydrogens (primary N) is 1. The van der Waals surface area contributed by atoms with Crippen molar-refractivity contribution in [2.75, 3.05) is 12.8 Å². The summed E-state index contributed by atoms with van der Waals surface area (Å²) in [6.45, 7) is 0. The SMILES string of the molecule is COc1ccc(N)cc1-c1nnnn1C1CCCCCC1. The van der Waals surface area contributed by atoms with Crippen LogP contribution in [0.2, 0.25) is 0 Å². The molecule has 0 atom stereocenters. The third kappa shape index (κ3) is 2.84. The number of benzene rings is 1. The van der Waals surface area contributed by atoms with Crippen LogP contribution < -0.4 is 10.5 Å². The Morgan fingerprint density at radius 2 is 1.95 bits per heavy atom. The maximum atomic E-state index is 5.91. The summed E-state index contributed by atoms with van der Waals surface area (Å²) in [5.41, 5.74) is 7.44. The van der Waals surface area contributed by atoms with Gasteiger partial charge in [0.2, 0.25) is 0 Å². The van der Waals surface area contributed by atoms with E-state index in [1.807, 2.05) is 22.9 Å². The molecule has 2 aromatic rings. The van der Waals surface area contributed by atoms with Gasteiger partial charge >= 0.3 is 0 Å². The largest absolute Gasteiger partial charge is 0.496 e. The maximum absolute atomic E-state index is 5.91. The highest BCUT2D eigenvalue weighted by Gasteiger charge is 2.22. The summed E-state index contributed by atoms with van der Waals surface area (Å²) in [7, 11) is 1.65. The van der Waals surface area contributed by atoms with Crippen LogP contribution in [-0.2, 0) is 0 Å². The van der Waals surface area contributed by atoms with Crippen LogP contribution in [0.3, 0.4) is 0 Å². The summed E-state index contributed by atoms with van der Waals surface area (Å²) in [5, 5.41) is 12.3. The number of nitrogen functional groups attached to an aromatic ring is 1. The quantitative estimate of drug-likeness (QED) is 0.693. The Morgan fingerprint density at radius 3 is 2.67 bits per heavy atom.